The molecule has 0 aliphatic rings. The largest absolute Gasteiger partial charge is 0.484 e. The van der Waals surface area contributed by atoms with E-state index in [1.54, 1.807) is 11.8 Å². The molecule has 0 aliphatic heterocycles. The van der Waals surface area contributed by atoms with Crippen LogP contribution in [0.15, 0.2) is 58.3 Å². The highest BCUT2D eigenvalue weighted by Crippen LogP contribution is 2.24. The topological polar surface area (TPSA) is 84.5 Å². The fourth-order valence-corrected chi connectivity index (χ4v) is 4.09. The monoisotopic (exact) mass is 408 g/mol. The number of carbonyl (C=O) groups excluding carboxylic acids is 1. The van der Waals surface area contributed by atoms with E-state index in [1.165, 1.54) is 24.3 Å². The number of ether oxygens (including phenoxy) is 1. The molecule has 0 unspecified atom stereocenters. The average Bonchev–Trinajstić information content (AvgIpc) is 2.66. The van der Waals surface area contributed by atoms with Crippen molar-refractivity contribution < 1.29 is 17.9 Å². The van der Waals surface area contributed by atoms with Crippen LogP contribution in [-0.2, 0) is 14.8 Å². The number of carbonyl (C=O) groups is 1. The Morgan fingerprint density at radius 2 is 1.81 bits per heavy atom. The normalized spacial score (nSPS) is 12.4. The molecule has 0 radical (unpaired) electrons. The highest BCUT2D eigenvalue weighted by Gasteiger charge is 2.16. The first-order valence-electron chi connectivity index (χ1n) is 8.53. The minimum Gasteiger partial charge on any atom is -0.484 e. The van der Waals surface area contributed by atoms with E-state index in [0.717, 1.165) is 10.6 Å². The first-order valence-corrected chi connectivity index (χ1v) is 11.2. The number of amides is 1. The van der Waals surface area contributed by atoms with E-state index in [0.29, 0.717) is 12.2 Å². The van der Waals surface area contributed by atoms with Crippen molar-refractivity contribution in [3.63, 3.8) is 0 Å². The van der Waals surface area contributed by atoms with Gasteiger partial charge in [0.1, 0.15) is 5.75 Å². The summed E-state index contributed by atoms with van der Waals surface area (Å²) < 4.78 is 32.5. The number of nitrogens with one attached hydrogen (secondary N) is 2. The molecular formula is C19H24N2O4S2. The Morgan fingerprint density at radius 1 is 1.15 bits per heavy atom. The van der Waals surface area contributed by atoms with E-state index in [2.05, 4.69) is 10.0 Å². The molecule has 1 atom stereocenters. The van der Waals surface area contributed by atoms with Crippen molar-refractivity contribution in [1.29, 1.82) is 0 Å². The lowest BCUT2D eigenvalue weighted by Gasteiger charge is -2.13. The van der Waals surface area contributed by atoms with Crippen molar-refractivity contribution in [2.24, 2.45) is 0 Å². The second-order valence-electron chi connectivity index (χ2n) is 5.94. The Hall–Kier alpha value is -2.03. The van der Waals surface area contributed by atoms with Gasteiger partial charge in [-0.3, -0.25) is 4.79 Å². The fraction of sp³-hybridized carbons (Fsp3) is 0.316. The third kappa shape index (κ3) is 6.27. The lowest BCUT2D eigenvalue weighted by atomic mass is 10.3. The molecule has 2 aromatic carbocycles. The number of sulfonamides is 1. The molecule has 2 aromatic rings. The number of para-hydroxylation sites is 1. The van der Waals surface area contributed by atoms with Crippen LogP contribution in [-0.4, -0.2) is 33.2 Å². The third-order valence-electron chi connectivity index (χ3n) is 3.85. The van der Waals surface area contributed by atoms with Gasteiger partial charge in [0.15, 0.2) is 6.61 Å². The number of thioether (sulfide) groups is 1. The van der Waals surface area contributed by atoms with Gasteiger partial charge in [-0.05, 0) is 56.0 Å². The predicted octanol–water partition coefficient (Wildman–Crippen LogP) is 3.50. The zero-order valence-corrected chi connectivity index (χ0v) is 17.2. The molecule has 0 heterocycles. The summed E-state index contributed by atoms with van der Waals surface area (Å²) in [4.78, 5) is 13.2. The summed E-state index contributed by atoms with van der Waals surface area (Å²) in [6, 6.07) is 13.4. The number of rotatable bonds is 9. The molecule has 2 rings (SSSR count). The second kappa shape index (κ2) is 9.77. The van der Waals surface area contributed by atoms with Crippen molar-refractivity contribution in [3.05, 3.63) is 48.5 Å². The van der Waals surface area contributed by atoms with Crippen LogP contribution in [0.5, 0.6) is 5.75 Å². The Balaban J connectivity index is 1.94. The molecular weight excluding hydrogens is 384 g/mol. The van der Waals surface area contributed by atoms with Gasteiger partial charge in [-0.25, -0.2) is 13.1 Å². The van der Waals surface area contributed by atoms with Crippen LogP contribution in [0.3, 0.4) is 0 Å². The van der Waals surface area contributed by atoms with E-state index in [9.17, 15) is 13.2 Å². The number of anilines is 1. The Labute approximate surface area is 164 Å². The zero-order valence-electron chi connectivity index (χ0n) is 15.6. The predicted molar refractivity (Wildman–Crippen MR) is 109 cm³/mol. The minimum absolute atomic E-state index is 0.140. The van der Waals surface area contributed by atoms with Gasteiger partial charge in [0.05, 0.1) is 10.6 Å². The smallest absolute Gasteiger partial charge is 0.262 e. The molecule has 0 saturated carbocycles. The van der Waals surface area contributed by atoms with Gasteiger partial charge in [-0.2, -0.15) is 0 Å². The lowest BCUT2D eigenvalue weighted by Crippen LogP contribution is -2.31. The van der Waals surface area contributed by atoms with Crippen LogP contribution < -0.4 is 14.8 Å². The molecule has 0 fully saturated rings. The molecule has 2 N–H and O–H groups in total. The summed E-state index contributed by atoms with van der Waals surface area (Å²) in [5, 5.41) is 2.80. The van der Waals surface area contributed by atoms with E-state index >= 15 is 0 Å². The van der Waals surface area contributed by atoms with E-state index in [1.807, 2.05) is 44.4 Å². The van der Waals surface area contributed by atoms with E-state index < -0.39 is 10.0 Å². The van der Waals surface area contributed by atoms with Crippen LogP contribution >= 0.6 is 11.8 Å². The van der Waals surface area contributed by atoms with Gasteiger partial charge < -0.3 is 10.1 Å². The van der Waals surface area contributed by atoms with E-state index in [4.69, 9.17) is 4.74 Å². The maximum Gasteiger partial charge on any atom is 0.262 e. The van der Waals surface area contributed by atoms with Crippen LogP contribution in [0.4, 0.5) is 5.69 Å². The van der Waals surface area contributed by atoms with Gasteiger partial charge in [0.25, 0.3) is 5.91 Å². The van der Waals surface area contributed by atoms with Gasteiger partial charge in [-0.15, -0.1) is 11.8 Å². The lowest BCUT2D eigenvalue weighted by molar-refractivity contribution is -0.118. The summed E-state index contributed by atoms with van der Waals surface area (Å²) in [5.41, 5.74) is 0.733. The van der Waals surface area contributed by atoms with Gasteiger partial charge in [0, 0.05) is 10.9 Å². The van der Waals surface area contributed by atoms with Crippen molar-refractivity contribution in [2.75, 3.05) is 18.2 Å². The quantitative estimate of drug-likeness (QED) is 0.621. The Morgan fingerprint density at radius 3 is 2.44 bits per heavy atom. The molecule has 0 aromatic heterocycles. The van der Waals surface area contributed by atoms with Crippen LogP contribution in [0.1, 0.15) is 20.3 Å². The van der Waals surface area contributed by atoms with Crippen molar-refractivity contribution in [3.8, 4) is 5.75 Å². The number of hydrogen-bond donors (Lipinski definition) is 2. The van der Waals surface area contributed by atoms with Crippen molar-refractivity contribution in [1.82, 2.24) is 4.72 Å². The summed E-state index contributed by atoms with van der Waals surface area (Å²) in [7, 11) is -3.56. The van der Waals surface area contributed by atoms with E-state index in [-0.39, 0.29) is 23.5 Å². The highest BCUT2D eigenvalue weighted by molar-refractivity contribution is 7.98. The number of benzene rings is 2. The highest BCUT2D eigenvalue weighted by atomic mass is 32.2. The molecule has 0 aliphatic carbocycles. The Kier molecular flexibility index (Phi) is 7.70. The van der Waals surface area contributed by atoms with Crippen LogP contribution in [0.25, 0.3) is 0 Å². The van der Waals surface area contributed by atoms with Gasteiger partial charge >= 0.3 is 0 Å². The molecule has 0 saturated heterocycles. The summed E-state index contributed by atoms with van der Waals surface area (Å²) in [6.45, 7) is 3.55. The zero-order chi connectivity index (χ0) is 19.9. The molecule has 27 heavy (non-hydrogen) atoms. The summed E-state index contributed by atoms with van der Waals surface area (Å²) in [5.74, 6) is 0.137. The summed E-state index contributed by atoms with van der Waals surface area (Å²) in [6.07, 6.45) is 2.64. The van der Waals surface area contributed by atoms with Crippen molar-refractivity contribution in [2.45, 2.75) is 36.1 Å². The van der Waals surface area contributed by atoms with Crippen molar-refractivity contribution >= 4 is 33.4 Å². The molecule has 6 nitrogen and oxygen atoms in total. The number of hydrogen-bond acceptors (Lipinski definition) is 5. The maximum absolute atomic E-state index is 12.2. The molecule has 1 amide bonds. The Bertz CT molecular complexity index is 868. The average molecular weight is 409 g/mol. The molecule has 0 spiro atoms. The first-order chi connectivity index (χ1) is 12.9. The first kappa shape index (κ1) is 21.3. The molecule has 8 heteroatoms. The minimum atomic E-state index is -3.56. The van der Waals surface area contributed by atoms with Crippen LogP contribution in [0.2, 0.25) is 0 Å². The molecule has 146 valence electrons. The second-order valence-corrected chi connectivity index (χ2v) is 8.50. The third-order valence-corrected chi connectivity index (χ3v) is 6.25. The van der Waals surface area contributed by atoms with Gasteiger partial charge in [0.2, 0.25) is 10.0 Å². The summed E-state index contributed by atoms with van der Waals surface area (Å²) >= 11 is 1.54. The van der Waals surface area contributed by atoms with Crippen LogP contribution in [0, 0.1) is 0 Å². The maximum atomic E-state index is 12.2. The standard InChI is InChI=1S/C19H24N2O4S2/c1-4-14(2)21-27(23,24)16-11-9-15(10-12-16)25-13-19(22)20-17-7-5-6-8-18(17)26-3/h5-12,14,21H,4,13H2,1-3H3,(H,20,22)/t14-/m0/s1. The SMILES string of the molecule is CC[C@H](C)NS(=O)(=O)c1ccc(OCC(=O)Nc2ccccc2SC)cc1. The fourth-order valence-electron chi connectivity index (χ4n) is 2.21. The van der Waals surface area contributed by atoms with Gasteiger partial charge in [-0.1, -0.05) is 19.1 Å². The molecule has 0 bridgehead atoms.